The molecular weight excluding hydrogens is 361 g/mol. The van der Waals surface area contributed by atoms with E-state index >= 15 is 0 Å². The second-order valence-corrected chi connectivity index (χ2v) is 7.07. The number of aromatic nitrogens is 1. The zero-order valence-corrected chi connectivity index (χ0v) is 15.1. The Morgan fingerprint density at radius 3 is 2.50 bits per heavy atom. The molecule has 0 spiro atoms. The highest BCUT2D eigenvalue weighted by Crippen LogP contribution is 2.53. The van der Waals surface area contributed by atoms with Gasteiger partial charge in [-0.3, -0.25) is 4.99 Å². The summed E-state index contributed by atoms with van der Waals surface area (Å²) in [4.78, 5) is 20.0. The molecule has 3 rings (SSSR count). The first-order valence-corrected chi connectivity index (χ1v) is 8.68. The third kappa shape index (κ3) is 4.12. The minimum Gasteiger partial charge on any atom is -0.479 e. The highest BCUT2D eigenvalue weighted by Gasteiger charge is 2.54. The number of carboxylic acid groups (broad SMARTS) is 1. The van der Waals surface area contributed by atoms with Crippen molar-refractivity contribution in [2.45, 2.75) is 30.7 Å². The van der Waals surface area contributed by atoms with Crippen LogP contribution in [0.4, 0.5) is 4.39 Å². The maximum Gasteiger partial charge on any atom is 0.337 e. The molecular formula is C17H20FN3O4S. The zero-order valence-electron chi connectivity index (χ0n) is 14.3. The number of rotatable bonds is 4. The first-order chi connectivity index (χ1) is 12.3. The molecule has 9 heteroatoms. The number of aliphatic imine (C=N–C) groups is 1. The fourth-order valence-corrected chi connectivity index (χ4v) is 3.63. The van der Waals surface area contributed by atoms with E-state index in [0.29, 0.717) is 17.4 Å². The molecule has 0 bridgehead atoms. The number of aliphatic carboxylic acids is 1. The lowest BCUT2D eigenvalue weighted by molar-refractivity contribution is -0.143. The van der Waals surface area contributed by atoms with Gasteiger partial charge in [-0.05, 0) is 23.7 Å². The predicted octanol–water partition coefficient (Wildman–Crippen LogP) is 2.33. The molecule has 7 nitrogen and oxygen atoms in total. The van der Waals surface area contributed by atoms with Crippen molar-refractivity contribution in [2.24, 2.45) is 10.7 Å². The third-order valence-corrected chi connectivity index (χ3v) is 4.69. The van der Waals surface area contributed by atoms with Crippen LogP contribution in [0.2, 0.25) is 0 Å². The van der Waals surface area contributed by atoms with Crippen LogP contribution in [0.3, 0.4) is 0 Å². The average molecular weight is 381 g/mol. The molecule has 0 saturated carbocycles. The maximum atomic E-state index is 13.2. The summed E-state index contributed by atoms with van der Waals surface area (Å²) in [6.45, 7) is 3.51. The number of hydrogen-bond acceptors (Lipinski definition) is 7. The van der Waals surface area contributed by atoms with Crippen LogP contribution in [0, 0.1) is 5.82 Å². The molecule has 2 unspecified atom stereocenters. The molecule has 0 amide bonds. The second kappa shape index (κ2) is 8.43. The van der Waals surface area contributed by atoms with Crippen molar-refractivity contribution in [1.82, 2.24) is 4.98 Å². The van der Waals surface area contributed by atoms with Gasteiger partial charge in [0.15, 0.2) is 6.39 Å². The fraction of sp³-hybridized carbons (Fsp3) is 0.353. The smallest absolute Gasteiger partial charge is 0.337 e. The molecule has 4 N–H and O–H groups in total. The molecule has 0 saturated heterocycles. The van der Waals surface area contributed by atoms with Crippen molar-refractivity contribution in [3.05, 3.63) is 54.0 Å². The Bertz CT molecular complexity index is 762. The van der Waals surface area contributed by atoms with Crippen LogP contribution in [0.25, 0.3) is 0 Å². The lowest BCUT2D eigenvalue weighted by Crippen LogP contribution is -2.36. The number of carboxylic acids is 1. The maximum absolute atomic E-state index is 13.2. The van der Waals surface area contributed by atoms with Crippen LogP contribution in [-0.4, -0.2) is 38.9 Å². The van der Waals surface area contributed by atoms with Gasteiger partial charge in [-0.2, -0.15) is 0 Å². The lowest BCUT2D eigenvalue weighted by Gasteiger charge is -2.27. The van der Waals surface area contributed by atoms with Crippen LogP contribution in [0.1, 0.15) is 30.4 Å². The molecule has 2 heterocycles. The van der Waals surface area contributed by atoms with Gasteiger partial charge in [0.05, 0.1) is 17.8 Å². The number of benzene rings is 1. The summed E-state index contributed by atoms with van der Waals surface area (Å²) in [7, 11) is 0. The van der Waals surface area contributed by atoms with Gasteiger partial charge in [0, 0.05) is 0 Å². The van der Waals surface area contributed by atoms with E-state index in [1.165, 1.54) is 36.9 Å². The topological polar surface area (TPSA) is 122 Å². The summed E-state index contributed by atoms with van der Waals surface area (Å²) >= 11 is 1.09. The fourth-order valence-electron chi connectivity index (χ4n) is 2.40. The van der Waals surface area contributed by atoms with Crippen molar-refractivity contribution >= 4 is 22.8 Å². The molecule has 1 aliphatic rings. The molecule has 2 atom stereocenters. The molecule has 1 aromatic carbocycles. The Balaban J connectivity index is 0.000000552. The van der Waals surface area contributed by atoms with E-state index in [2.05, 4.69) is 9.98 Å². The number of hydrogen-bond donors (Lipinski definition) is 3. The van der Waals surface area contributed by atoms with Gasteiger partial charge < -0.3 is 20.4 Å². The number of nitrogens with two attached hydrogens (primary N) is 1. The minimum atomic E-state index is -1.70. The first-order valence-electron chi connectivity index (χ1n) is 7.81. The highest BCUT2D eigenvalue weighted by molar-refractivity contribution is 8.14. The summed E-state index contributed by atoms with van der Waals surface area (Å²) in [5.41, 5.74) is 3.72. The quantitative estimate of drug-likeness (QED) is 0.743. The lowest BCUT2D eigenvalue weighted by atomic mass is 9.86. The van der Waals surface area contributed by atoms with Gasteiger partial charge in [-0.1, -0.05) is 37.7 Å². The number of halogens is 1. The Morgan fingerprint density at radius 1 is 1.42 bits per heavy atom. The summed E-state index contributed by atoms with van der Waals surface area (Å²) in [6.07, 6.45) is 2.61. The summed E-state index contributed by atoms with van der Waals surface area (Å²) in [6, 6.07) is 5.43. The van der Waals surface area contributed by atoms with Gasteiger partial charge in [0.25, 0.3) is 0 Å². The molecule has 0 fully saturated rings. The van der Waals surface area contributed by atoms with Gasteiger partial charge in [-0.15, -0.1) is 0 Å². The van der Waals surface area contributed by atoms with Gasteiger partial charge in [0.2, 0.25) is 5.54 Å². The zero-order chi connectivity index (χ0) is 19.3. The van der Waals surface area contributed by atoms with Crippen LogP contribution in [-0.2, 0) is 10.3 Å². The number of thioether (sulfide) groups is 1. The Labute approximate surface area is 154 Å². The molecule has 2 aromatic rings. The van der Waals surface area contributed by atoms with Crippen molar-refractivity contribution in [3.63, 3.8) is 0 Å². The number of oxazole rings is 1. The van der Waals surface area contributed by atoms with Crippen molar-refractivity contribution < 1.29 is 23.8 Å². The van der Waals surface area contributed by atoms with E-state index in [1.54, 1.807) is 0 Å². The predicted molar refractivity (Wildman–Crippen MR) is 96.4 cm³/mol. The SMILES string of the molecule is CC(C)N.O=C(O)C1(c2ccc(F)cc2)N=C(CO)SC1c1cnco1. The molecule has 1 aromatic heterocycles. The standard InChI is InChI=1S/C14H11FN2O4S.C3H9N/c15-9-3-1-8(2-4-9)14(13(19)20)12(10-5-16-7-21-10)22-11(6-18)17-14;1-3(2)4/h1-5,7,12,18H,6H2,(H,19,20);3H,4H2,1-2H3. The van der Waals surface area contributed by atoms with Crippen LogP contribution < -0.4 is 5.73 Å². The molecule has 1 aliphatic heterocycles. The normalized spacial score (nSPS) is 21.9. The number of nitrogens with zero attached hydrogens (tertiary/aromatic N) is 2. The van der Waals surface area contributed by atoms with Crippen molar-refractivity contribution in [2.75, 3.05) is 6.61 Å². The monoisotopic (exact) mass is 381 g/mol. The molecule has 0 radical (unpaired) electrons. The molecule has 140 valence electrons. The average Bonchev–Trinajstić information content (AvgIpc) is 3.22. The number of aliphatic hydroxyl groups is 1. The van der Waals surface area contributed by atoms with Gasteiger partial charge >= 0.3 is 5.97 Å². The van der Waals surface area contributed by atoms with E-state index in [9.17, 15) is 19.4 Å². The largest absolute Gasteiger partial charge is 0.479 e. The Kier molecular flexibility index (Phi) is 6.52. The highest BCUT2D eigenvalue weighted by atomic mass is 32.2. The van der Waals surface area contributed by atoms with E-state index in [-0.39, 0.29) is 11.7 Å². The summed E-state index contributed by atoms with van der Waals surface area (Å²) < 4.78 is 18.4. The van der Waals surface area contributed by atoms with Crippen LogP contribution in [0.15, 0.2) is 46.3 Å². The number of aliphatic hydroxyl groups excluding tert-OH is 1. The van der Waals surface area contributed by atoms with Gasteiger partial charge in [0.1, 0.15) is 16.8 Å². The van der Waals surface area contributed by atoms with E-state index in [0.717, 1.165) is 11.8 Å². The molecule has 26 heavy (non-hydrogen) atoms. The van der Waals surface area contributed by atoms with Crippen LogP contribution in [0.5, 0.6) is 0 Å². The third-order valence-electron chi connectivity index (χ3n) is 3.39. The van der Waals surface area contributed by atoms with E-state index < -0.39 is 22.6 Å². The first kappa shape index (κ1) is 20.1. The van der Waals surface area contributed by atoms with Crippen LogP contribution >= 0.6 is 11.8 Å². The minimum absolute atomic E-state index is 0.271. The van der Waals surface area contributed by atoms with Crippen molar-refractivity contribution in [1.29, 1.82) is 0 Å². The molecule has 0 aliphatic carbocycles. The van der Waals surface area contributed by atoms with E-state index in [4.69, 9.17) is 10.2 Å². The Hall–Kier alpha value is -2.23. The van der Waals surface area contributed by atoms with Crippen molar-refractivity contribution in [3.8, 4) is 0 Å². The van der Waals surface area contributed by atoms with Gasteiger partial charge in [-0.25, -0.2) is 14.2 Å². The summed E-state index contributed by atoms with van der Waals surface area (Å²) in [5.74, 6) is -1.36. The van der Waals surface area contributed by atoms with E-state index in [1.807, 2.05) is 13.8 Å². The summed E-state index contributed by atoms with van der Waals surface area (Å²) in [5, 5.41) is 18.7. The second-order valence-electron chi connectivity index (χ2n) is 5.89. The number of carbonyl (C=O) groups is 1. The Morgan fingerprint density at radius 2 is 2.04 bits per heavy atom.